The van der Waals surface area contributed by atoms with Gasteiger partial charge in [0, 0.05) is 5.56 Å². The number of carbonyl (C=O) groups excluding carboxylic acids is 1. The molecule has 0 unspecified atom stereocenters. The maximum atomic E-state index is 12.9. The van der Waals surface area contributed by atoms with Gasteiger partial charge in [0.15, 0.2) is 16.6 Å². The number of hydrogen-bond acceptors (Lipinski definition) is 5. The summed E-state index contributed by atoms with van der Waals surface area (Å²) in [4.78, 5) is 18.7. The molecule has 0 saturated heterocycles. The summed E-state index contributed by atoms with van der Waals surface area (Å²) in [5.74, 6) is 0.937. The number of ether oxygens (including phenoxy) is 2. The number of fused-ring (bicyclic) bond motifs is 1. The molecule has 0 fully saturated rings. The maximum Gasteiger partial charge on any atom is 0.270 e. The van der Waals surface area contributed by atoms with E-state index >= 15 is 0 Å². The fourth-order valence-corrected chi connectivity index (χ4v) is 4.51. The van der Waals surface area contributed by atoms with Gasteiger partial charge in [0.25, 0.3) is 5.91 Å². The second-order valence-corrected chi connectivity index (χ2v) is 8.78. The first kappa shape index (κ1) is 20.3. The van der Waals surface area contributed by atoms with Gasteiger partial charge < -0.3 is 9.47 Å². The fraction of sp³-hybridized carbons (Fsp3) is 0.154. The van der Waals surface area contributed by atoms with E-state index in [1.165, 1.54) is 22.5 Å². The molecule has 0 aliphatic carbocycles. The van der Waals surface area contributed by atoms with Crippen LogP contribution in [0.5, 0.6) is 11.5 Å². The third-order valence-corrected chi connectivity index (χ3v) is 6.32. The summed E-state index contributed by atoms with van der Waals surface area (Å²) < 4.78 is 11.5. The van der Waals surface area contributed by atoms with E-state index in [0.717, 1.165) is 21.7 Å². The average molecular weight is 443 g/mol. The van der Waals surface area contributed by atoms with Crippen molar-refractivity contribution in [2.24, 2.45) is 0 Å². The molecule has 5 nitrogen and oxygen atoms in total. The van der Waals surface area contributed by atoms with E-state index in [9.17, 15) is 4.79 Å². The van der Waals surface area contributed by atoms with Crippen LogP contribution in [0.2, 0.25) is 0 Å². The van der Waals surface area contributed by atoms with Crippen molar-refractivity contribution in [2.75, 3.05) is 11.9 Å². The van der Waals surface area contributed by atoms with Gasteiger partial charge in [-0.25, -0.2) is 4.98 Å². The third-order valence-electron chi connectivity index (χ3n) is 5.30. The summed E-state index contributed by atoms with van der Waals surface area (Å²) in [5, 5.41) is 3.46. The Hall–Kier alpha value is -3.64. The van der Waals surface area contributed by atoms with Crippen LogP contribution in [0, 0.1) is 13.8 Å². The summed E-state index contributed by atoms with van der Waals surface area (Å²) in [6.45, 7) is 4.28. The Labute approximate surface area is 190 Å². The molecule has 1 atom stereocenters. The standard InChI is InChI=1S/C26H22N2O3S/c1-16-7-11-18(12-8-16)23-24(19-13-9-17(2)10-14-19)32-26(27-23)28-25(29)22-15-30-20-5-3-4-6-21(20)31-22/h3-14,22H,15H2,1-2H3,(H,27,28,29)/t22-/m0/s1. The Kier molecular flexibility index (Phi) is 5.37. The van der Waals surface area contributed by atoms with E-state index in [1.807, 2.05) is 18.2 Å². The topological polar surface area (TPSA) is 60.5 Å². The summed E-state index contributed by atoms with van der Waals surface area (Å²) in [6, 6.07) is 23.9. The monoisotopic (exact) mass is 442 g/mol. The van der Waals surface area contributed by atoms with Gasteiger partial charge in [0.05, 0.1) is 10.6 Å². The van der Waals surface area contributed by atoms with Gasteiger partial charge in [-0.15, -0.1) is 0 Å². The highest BCUT2D eigenvalue weighted by molar-refractivity contribution is 7.19. The van der Waals surface area contributed by atoms with Gasteiger partial charge in [-0.1, -0.05) is 83.1 Å². The van der Waals surface area contributed by atoms with Gasteiger partial charge in [-0.05, 0) is 31.5 Å². The van der Waals surface area contributed by atoms with Crippen LogP contribution in [-0.2, 0) is 4.79 Å². The summed E-state index contributed by atoms with van der Waals surface area (Å²) in [7, 11) is 0. The third kappa shape index (κ3) is 4.09. The zero-order chi connectivity index (χ0) is 22.1. The number of nitrogens with zero attached hydrogens (tertiary/aromatic N) is 1. The van der Waals surface area contributed by atoms with E-state index in [2.05, 4.69) is 67.7 Å². The molecule has 0 saturated carbocycles. The first-order valence-corrected chi connectivity index (χ1v) is 11.2. The molecule has 0 bridgehead atoms. The molecule has 1 N–H and O–H groups in total. The van der Waals surface area contributed by atoms with Crippen LogP contribution in [0.15, 0.2) is 72.8 Å². The predicted molar refractivity (Wildman–Crippen MR) is 127 cm³/mol. The minimum absolute atomic E-state index is 0.157. The quantitative estimate of drug-likeness (QED) is 0.429. The molecule has 0 spiro atoms. The molecular weight excluding hydrogens is 420 g/mol. The molecule has 1 amide bonds. The van der Waals surface area contributed by atoms with Crippen LogP contribution in [-0.4, -0.2) is 23.6 Å². The van der Waals surface area contributed by atoms with E-state index in [-0.39, 0.29) is 12.5 Å². The lowest BCUT2D eigenvalue weighted by Gasteiger charge is -2.25. The Morgan fingerprint density at radius 2 is 1.53 bits per heavy atom. The summed E-state index contributed by atoms with van der Waals surface area (Å²) in [5.41, 5.74) is 5.30. The molecule has 6 heteroatoms. The SMILES string of the molecule is Cc1ccc(-c2nc(NC(=O)[C@@H]3COc4ccccc4O3)sc2-c2ccc(C)cc2)cc1. The smallest absolute Gasteiger partial charge is 0.270 e. The molecule has 0 radical (unpaired) electrons. The number of benzene rings is 3. The summed E-state index contributed by atoms with van der Waals surface area (Å²) >= 11 is 1.46. The zero-order valence-corrected chi connectivity index (χ0v) is 18.6. The number of aromatic nitrogens is 1. The zero-order valence-electron chi connectivity index (χ0n) is 17.8. The van der Waals surface area contributed by atoms with Crippen LogP contribution < -0.4 is 14.8 Å². The van der Waals surface area contributed by atoms with Gasteiger partial charge in [0.2, 0.25) is 6.10 Å². The second-order valence-electron chi connectivity index (χ2n) is 7.78. The average Bonchev–Trinajstić information content (AvgIpc) is 3.23. The Bertz CT molecular complexity index is 1200. The van der Waals surface area contributed by atoms with Crippen molar-refractivity contribution < 1.29 is 14.3 Å². The normalized spacial score (nSPS) is 14.8. The van der Waals surface area contributed by atoms with Crippen molar-refractivity contribution in [3.63, 3.8) is 0 Å². The van der Waals surface area contributed by atoms with Crippen molar-refractivity contribution in [3.8, 4) is 33.2 Å². The number of rotatable bonds is 4. The van der Waals surface area contributed by atoms with E-state index in [4.69, 9.17) is 14.5 Å². The number of carbonyl (C=O) groups is 1. The molecule has 1 aromatic heterocycles. The number of anilines is 1. The molecule has 3 aromatic carbocycles. The van der Waals surface area contributed by atoms with Crippen LogP contribution in [0.25, 0.3) is 21.7 Å². The minimum atomic E-state index is -0.737. The number of nitrogens with one attached hydrogen (secondary N) is 1. The van der Waals surface area contributed by atoms with Gasteiger partial charge in [-0.2, -0.15) is 0 Å². The number of hydrogen-bond donors (Lipinski definition) is 1. The molecular formula is C26H22N2O3S. The molecule has 1 aliphatic heterocycles. The van der Waals surface area contributed by atoms with Crippen LogP contribution in [0.3, 0.4) is 0 Å². The van der Waals surface area contributed by atoms with E-state index in [1.54, 1.807) is 6.07 Å². The minimum Gasteiger partial charge on any atom is -0.485 e. The van der Waals surface area contributed by atoms with Crippen molar-refractivity contribution in [1.29, 1.82) is 0 Å². The largest absolute Gasteiger partial charge is 0.485 e. The van der Waals surface area contributed by atoms with Crippen molar-refractivity contribution in [1.82, 2.24) is 4.98 Å². The molecule has 1 aliphatic rings. The van der Waals surface area contributed by atoms with Crippen molar-refractivity contribution in [3.05, 3.63) is 83.9 Å². The van der Waals surface area contributed by atoms with Gasteiger partial charge >= 0.3 is 0 Å². The lowest BCUT2D eigenvalue weighted by atomic mass is 10.0. The Morgan fingerprint density at radius 3 is 2.22 bits per heavy atom. The fourth-order valence-electron chi connectivity index (χ4n) is 3.52. The lowest BCUT2D eigenvalue weighted by molar-refractivity contribution is -0.125. The molecule has 2 heterocycles. The van der Waals surface area contributed by atoms with Crippen molar-refractivity contribution in [2.45, 2.75) is 20.0 Å². The number of aryl methyl sites for hydroxylation is 2. The first-order valence-electron chi connectivity index (χ1n) is 10.4. The highest BCUT2D eigenvalue weighted by atomic mass is 32.1. The maximum absolute atomic E-state index is 12.9. The van der Waals surface area contributed by atoms with Crippen molar-refractivity contribution >= 4 is 22.4 Å². The van der Waals surface area contributed by atoms with Gasteiger partial charge in [0.1, 0.15) is 6.61 Å². The molecule has 4 aromatic rings. The van der Waals surface area contributed by atoms with Gasteiger partial charge in [-0.3, -0.25) is 10.1 Å². The second kappa shape index (κ2) is 8.48. The van der Waals surface area contributed by atoms with E-state index < -0.39 is 6.10 Å². The van der Waals surface area contributed by atoms with Crippen LogP contribution in [0.1, 0.15) is 11.1 Å². The lowest BCUT2D eigenvalue weighted by Crippen LogP contribution is -2.40. The Morgan fingerprint density at radius 1 is 0.906 bits per heavy atom. The van der Waals surface area contributed by atoms with Crippen LogP contribution >= 0.6 is 11.3 Å². The summed E-state index contributed by atoms with van der Waals surface area (Å²) in [6.07, 6.45) is -0.737. The van der Waals surface area contributed by atoms with Crippen LogP contribution in [0.4, 0.5) is 5.13 Å². The molecule has 5 rings (SSSR count). The number of amides is 1. The molecule has 32 heavy (non-hydrogen) atoms. The van der Waals surface area contributed by atoms with E-state index in [0.29, 0.717) is 16.6 Å². The number of para-hydroxylation sites is 2. The predicted octanol–water partition coefficient (Wildman–Crippen LogP) is 5.87. The highest BCUT2D eigenvalue weighted by Gasteiger charge is 2.28. The first-order chi connectivity index (χ1) is 15.6. The Balaban J connectivity index is 1.44. The number of thiazole rings is 1. The molecule has 160 valence electrons. The highest BCUT2D eigenvalue weighted by Crippen LogP contribution is 2.39.